The standard InChI is InChI=1S/C12H16ClN3/c13-10-2-1-3-11-12(10)15-8-16(11)9-4-6-14-7-5-9/h1-3,9,14-15H,4-8H2. The molecule has 2 N–H and O–H groups in total. The summed E-state index contributed by atoms with van der Waals surface area (Å²) in [6.45, 7) is 3.14. The molecule has 1 fully saturated rings. The first-order valence-corrected chi connectivity index (χ1v) is 6.24. The third kappa shape index (κ3) is 1.64. The Kier molecular flexibility index (Phi) is 2.65. The molecule has 86 valence electrons. The van der Waals surface area contributed by atoms with E-state index in [2.05, 4.69) is 21.6 Å². The second-order valence-electron chi connectivity index (χ2n) is 4.42. The second-order valence-corrected chi connectivity index (χ2v) is 4.83. The van der Waals surface area contributed by atoms with Crippen molar-refractivity contribution in [3.8, 4) is 0 Å². The van der Waals surface area contributed by atoms with E-state index in [1.165, 1.54) is 18.5 Å². The fraction of sp³-hybridized carbons (Fsp3) is 0.500. The Morgan fingerprint density at radius 3 is 2.88 bits per heavy atom. The van der Waals surface area contributed by atoms with Crippen molar-refractivity contribution in [2.75, 3.05) is 30.0 Å². The van der Waals surface area contributed by atoms with Crippen LogP contribution in [0.25, 0.3) is 0 Å². The largest absolute Gasteiger partial charge is 0.365 e. The van der Waals surface area contributed by atoms with Gasteiger partial charge in [-0.3, -0.25) is 0 Å². The smallest absolute Gasteiger partial charge is 0.0881 e. The Morgan fingerprint density at radius 1 is 1.25 bits per heavy atom. The molecule has 2 heterocycles. The Hall–Kier alpha value is -0.930. The van der Waals surface area contributed by atoms with Crippen LogP contribution in [-0.2, 0) is 0 Å². The highest BCUT2D eigenvalue weighted by Gasteiger charge is 2.27. The number of benzene rings is 1. The topological polar surface area (TPSA) is 27.3 Å². The van der Waals surface area contributed by atoms with E-state index in [4.69, 9.17) is 11.6 Å². The van der Waals surface area contributed by atoms with Gasteiger partial charge in [-0.25, -0.2) is 0 Å². The van der Waals surface area contributed by atoms with E-state index < -0.39 is 0 Å². The summed E-state index contributed by atoms with van der Waals surface area (Å²) in [6.07, 6.45) is 2.43. The Bertz CT molecular complexity index is 388. The molecule has 0 spiro atoms. The second kappa shape index (κ2) is 4.15. The highest BCUT2D eigenvalue weighted by molar-refractivity contribution is 6.34. The number of nitrogens with zero attached hydrogens (tertiary/aromatic N) is 1. The lowest BCUT2D eigenvalue weighted by molar-refractivity contribution is 0.438. The van der Waals surface area contributed by atoms with E-state index >= 15 is 0 Å². The fourth-order valence-electron chi connectivity index (χ4n) is 2.62. The van der Waals surface area contributed by atoms with Crippen molar-refractivity contribution in [3.63, 3.8) is 0 Å². The van der Waals surface area contributed by atoms with E-state index in [1.54, 1.807) is 0 Å². The minimum Gasteiger partial charge on any atom is -0.365 e. The zero-order valence-electron chi connectivity index (χ0n) is 9.17. The van der Waals surface area contributed by atoms with Gasteiger partial charge in [0.1, 0.15) is 0 Å². The van der Waals surface area contributed by atoms with Crippen molar-refractivity contribution < 1.29 is 0 Å². The van der Waals surface area contributed by atoms with Gasteiger partial charge in [0.05, 0.1) is 23.1 Å². The maximum atomic E-state index is 6.17. The van der Waals surface area contributed by atoms with Gasteiger partial charge in [-0.15, -0.1) is 0 Å². The van der Waals surface area contributed by atoms with Crippen molar-refractivity contribution in [1.29, 1.82) is 0 Å². The molecule has 0 aromatic heterocycles. The normalized spacial score (nSPS) is 20.7. The quantitative estimate of drug-likeness (QED) is 0.785. The number of nitrogens with one attached hydrogen (secondary N) is 2. The summed E-state index contributed by atoms with van der Waals surface area (Å²) in [4.78, 5) is 2.45. The summed E-state index contributed by atoms with van der Waals surface area (Å²) < 4.78 is 0. The van der Waals surface area contributed by atoms with E-state index in [1.807, 2.05) is 12.1 Å². The van der Waals surface area contributed by atoms with Crippen LogP contribution >= 0.6 is 11.6 Å². The Morgan fingerprint density at radius 2 is 2.06 bits per heavy atom. The molecular weight excluding hydrogens is 222 g/mol. The molecule has 1 saturated heterocycles. The van der Waals surface area contributed by atoms with E-state index in [0.29, 0.717) is 6.04 Å². The van der Waals surface area contributed by atoms with Crippen LogP contribution in [0.2, 0.25) is 5.02 Å². The molecule has 3 rings (SSSR count). The van der Waals surface area contributed by atoms with Gasteiger partial charge in [-0.2, -0.15) is 0 Å². The van der Waals surface area contributed by atoms with Crippen molar-refractivity contribution in [2.24, 2.45) is 0 Å². The number of anilines is 2. The maximum absolute atomic E-state index is 6.17. The monoisotopic (exact) mass is 237 g/mol. The lowest BCUT2D eigenvalue weighted by Crippen LogP contribution is -2.43. The molecule has 3 nitrogen and oxygen atoms in total. The van der Waals surface area contributed by atoms with Crippen LogP contribution in [0.3, 0.4) is 0 Å². The number of piperidine rings is 1. The lowest BCUT2D eigenvalue weighted by atomic mass is 10.0. The third-order valence-corrected chi connectivity index (χ3v) is 3.79. The number of hydrogen-bond donors (Lipinski definition) is 2. The molecular formula is C12H16ClN3. The molecule has 4 heteroatoms. The van der Waals surface area contributed by atoms with E-state index in [9.17, 15) is 0 Å². The van der Waals surface area contributed by atoms with Gasteiger partial charge in [0.25, 0.3) is 0 Å². The minimum absolute atomic E-state index is 0.647. The summed E-state index contributed by atoms with van der Waals surface area (Å²) in [5, 5.41) is 7.62. The van der Waals surface area contributed by atoms with Gasteiger partial charge in [0.2, 0.25) is 0 Å². The molecule has 0 atom stereocenters. The third-order valence-electron chi connectivity index (χ3n) is 3.48. The molecule has 1 aromatic rings. The first kappa shape index (κ1) is 10.2. The summed E-state index contributed by atoms with van der Waals surface area (Å²) in [5.41, 5.74) is 2.36. The zero-order chi connectivity index (χ0) is 11.0. The predicted molar refractivity (Wildman–Crippen MR) is 68.3 cm³/mol. The van der Waals surface area contributed by atoms with Crippen LogP contribution in [0.1, 0.15) is 12.8 Å². The number of fused-ring (bicyclic) bond motifs is 1. The Balaban J connectivity index is 1.87. The van der Waals surface area contributed by atoms with Crippen LogP contribution in [0.5, 0.6) is 0 Å². The van der Waals surface area contributed by atoms with Crippen LogP contribution < -0.4 is 15.5 Å². The first-order valence-electron chi connectivity index (χ1n) is 5.86. The van der Waals surface area contributed by atoms with Crippen LogP contribution in [-0.4, -0.2) is 25.8 Å². The molecule has 2 aliphatic rings. The molecule has 1 aromatic carbocycles. The molecule has 16 heavy (non-hydrogen) atoms. The first-order chi connectivity index (χ1) is 7.86. The number of hydrogen-bond acceptors (Lipinski definition) is 3. The molecule has 0 amide bonds. The summed E-state index contributed by atoms with van der Waals surface area (Å²) >= 11 is 6.17. The summed E-state index contributed by atoms with van der Waals surface area (Å²) in [7, 11) is 0. The van der Waals surface area contributed by atoms with Crippen LogP contribution in [0.15, 0.2) is 18.2 Å². The van der Waals surface area contributed by atoms with Crippen molar-refractivity contribution in [1.82, 2.24) is 5.32 Å². The van der Waals surface area contributed by atoms with Crippen molar-refractivity contribution in [2.45, 2.75) is 18.9 Å². The average molecular weight is 238 g/mol. The van der Waals surface area contributed by atoms with Gasteiger partial charge in [0.15, 0.2) is 0 Å². The molecule has 0 unspecified atom stereocenters. The van der Waals surface area contributed by atoms with Crippen molar-refractivity contribution in [3.05, 3.63) is 23.2 Å². The van der Waals surface area contributed by atoms with E-state index in [-0.39, 0.29) is 0 Å². The van der Waals surface area contributed by atoms with Gasteiger partial charge in [-0.1, -0.05) is 17.7 Å². The van der Waals surface area contributed by atoms with Crippen LogP contribution in [0.4, 0.5) is 11.4 Å². The average Bonchev–Trinajstić information content (AvgIpc) is 2.75. The Labute approximate surface area is 101 Å². The van der Waals surface area contributed by atoms with Gasteiger partial charge in [-0.05, 0) is 38.1 Å². The molecule has 0 bridgehead atoms. The number of para-hydroxylation sites is 1. The molecule has 0 aliphatic carbocycles. The summed E-state index contributed by atoms with van der Waals surface area (Å²) in [6, 6.07) is 6.78. The van der Waals surface area contributed by atoms with Crippen molar-refractivity contribution >= 4 is 23.0 Å². The highest BCUT2D eigenvalue weighted by atomic mass is 35.5. The fourth-order valence-corrected chi connectivity index (χ4v) is 2.86. The minimum atomic E-state index is 0.647. The number of halogens is 1. The molecule has 0 saturated carbocycles. The van der Waals surface area contributed by atoms with Gasteiger partial charge in [0, 0.05) is 6.04 Å². The predicted octanol–water partition coefficient (Wildman–Crippen LogP) is 2.28. The molecule has 0 radical (unpaired) electrons. The van der Waals surface area contributed by atoms with Gasteiger partial charge < -0.3 is 15.5 Å². The van der Waals surface area contributed by atoms with Crippen LogP contribution in [0, 0.1) is 0 Å². The lowest BCUT2D eigenvalue weighted by Gasteiger charge is -2.32. The maximum Gasteiger partial charge on any atom is 0.0881 e. The van der Waals surface area contributed by atoms with E-state index in [0.717, 1.165) is 30.5 Å². The molecule has 2 aliphatic heterocycles. The highest BCUT2D eigenvalue weighted by Crippen LogP contribution is 2.39. The zero-order valence-corrected chi connectivity index (χ0v) is 9.93. The number of rotatable bonds is 1. The summed E-state index contributed by atoms with van der Waals surface area (Å²) in [5.74, 6) is 0. The van der Waals surface area contributed by atoms with Gasteiger partial charge >= 0.3 is 0 Å². The SMILES string of the molecule is Clc1cccc2c1NCN2C1CCNCC1.